The predicted molar refractivity (Wildman–Crippen MR) is 120 cm³/mol. The first-order chi connectivity index (χ1) is 15.1. The van der Waals surface area contributed by atoms with Crippen molar-refractivity contribution in [2.45, 2.75) is 26.5 Å². The smallest absolute Gasteiger partial charge is 0.265 e. The van der Waals surface area contributed by atoms with Crippen LogP contribution in [0.5, 0.6) is 11.5 Å². The van der Waals surface area contributed by atoms with Gasteiger partial charge >= 0.3 is 0 Å². The van der Waals surface area contributed by atoms with Gasteiger partial charge in [0.15, 0.2) is 6.10 Å². The van der Waals surface area contributed by atoms with Gasteiger partial charge in [0.25, 0.3) is 11.8 Å². The predicted octanol–water partition coefficient (Wildman–Crippen LogP) is 4.42. The molecule has 3 rings (SSSR count). The molecule has 2 amide bonds. The highest BCUT2D eigenvalue weighted by Gasteiger charge is 2.17. The van der Waals surface area contributed by atoms with Crippen molar-refractivity contribution in [1.29, 1.82) is 0 Å². The lowest BCUT2D eigenvalue weighted by Crippen LogP contribution is -2.30. The maximum atomic E-state index is 12.5. The summed E-state index contributed by atoms with van der Waals surface area (Å²) in [5.41, 5.74) is 2.14. The number of carbonyl (C=O) groups is 2. The highest BCUT2D eigenvalue weighted by atomic mass is 16.5. The van der Waals surface area contributed by atoms with Crippen molar-refractivity contribution in [3.63, 3.8) is 0 Å². The molecule has 160 valence electrons. The monoisotopic (exact) mass is 418 g/mol. The van der Waals surface area contributed by atoms with Gasteiger partial charge in [0.1, 0.15) is 11.5 Å². The SMILES string of the molecule is CCOc1ccccc1NC(=O)C(C)Oc1ccc(C(=O)NCc2ccccc2)cc1. The van der Waals surface area contributed by atoms with E-state index in [0.29, 0.717) is 35.9 Å². The zero-order valence-electron chi connectivity index (χ0n) is 17.6. The largest absolute Gasteiger partial charge is 0.492 e. The molecule has 0 bridgehead atoms. The standard InChI is InChI=1S/C25H26N2O4/c1-3-30-23-12-8-7-11-22(23)27-24(28)18(2)31-21-15-13-20(14-16-21)25(29)26-17-19-9-5-4-6-10-19/h4-16,18H,3,17H2,1-2H3,(H,26,29)(H,27,28). The zero-order valence-corrected chi connectivity index (χ0v) is 17.6. The Hall–Kier alpha value is -3.80. The third-order valence-corrected chi connectivity index (χ3v) is 4.54. The quantitative estimate of drug-likeness (QED) is 0.539. The fourth-order valence-electron chi connectivity index (χ4n) is 2.91. The summed E-state index contributed by atoms with van der Waals surface area (Å²) < 4.78 is 11.3. The molecule has 31 heavy (non-hydrogen) atoms. The summed E-state index contributed by atoms with van der Waals surface area (Å²) in [5.74, 6) is 0.641. The van der Waals surface area contributed by atoms with Crippen molar-refractivity contribution < 1.29 is 19.1 Å². The van der Waals surface area contributed by atoms with Crippen LogP contribution in [0.15, 0.2) is 78.9 Å². The second-order valence-electron chi connectivity index (χ2n) is 6.87. The van der Waals surface area contributed by atoms with Gasteiger partial charge in [0, 0.05) is 12.1 Å². The average molecular weight is 418 g/mol. The molecule has 0 saturated carbocycles. The lowest BCUT2D eigenvalue weighted by Gasteiger charge is -2.16. The lowest BCUT2D eigenvalue weighted by atomic mass is 10.2. The Morgan fingerprint density at radius 1 is 0.903 bits per heavy atom. The van der Waals surface area contributed by atoms with Crippen molar-refractivity contribution >= 4 is 17.5 Å². The lowest BCUT2D eigenvalue weighted by molar-refractivity contribution is -0.122. The van der Waals surface area contributed by atoms with Crippen LogP contribution < -0.4 is 20.1 Å². The van der Waals surface area contributed by atoms with Gasteiger partial charge in [-0.2, -0.15) is 0 Å². The Morgan fingerprint density at radius 2 is 1.58 bits per heavy atom. The van der Waals surface area contributed by atoms with E-state index in [-0.39, 0.29) is 11.8 Å². The summed E-state index contributed by atoms with van der Waals surface area (Å²) >= 11 is 0. The van der Waals surface area contributed by atoms with Crippen LogP contribution in [-0.2, 0) is 11.3 Å². The van der Waals surface area contributed by atoms with E-state index < -0.39 is 6.10 Å². The maximum absolute atomic E-state index is 12.5. The summed E-state index contributed by atoms with van der Waals surface area (Å²) in [4.78, 5) is 24.8. The van der Waals surface area contributed by atoms with Crippen molar-refractivity contribution in [3.05, 3.63) is 90.0 Å². The Bertz CT molecular complexity index is 1000. The molecule has 0 aliphatic rings. The molecule has 0 radical (unpaired) electrons. The summed E-state index contributed by atoms with van der Waals surface area (Å²) in [7, 11) is 0. The number of para-hydroxylation sites is 2. The van der Waals surface area contributed by atoms with E-state index in [0.717, 1.165) is 5.56 Å². The number of amides is 2. The fourth-order valence-corrected chi connectivity index (χ4v) is 2.91. The fraction of sp³-hybridized carbons (Fsp3) is 0.200. The number of anilines is 1. The van der Waals surface area contributed by atoms with Crippen LogP contribution in [-0.4, -0.2) is 24.5 Å². The minimum Gasteiger partial charge on any atom is -0.492 e. The maximum Gasteiger partial charge on any atom is 0.265 e. The van der Waals surface area contributed by atoms with Crippen molar-refractivity contribution in [2.75, 3.05) is 11.9 Å². The topological polar surface area (TPSA) is 76.7 Å². The highest BCUT2D eigenvalue weighted by Crippen LogP contribution is 2.24. The van der Waals surface area contributed by atoms with Gasteiger partial charge in [-0.25, -0.2) is 0 Å². The Morgan fingerprint density at radius 3 is 2.29 bits per heavy atom. The van der Waals surface area contributed by atoms with Gasteiger partial charge in [-0.15, -0.1) is 0 Å². The second-order valence-corrected chi connectivity index (χ2v) is 6.87. The number of hydrogen-bond acceptors (Lipinski definition) is 4. The van der Waals surface area contributed by atoms with E-state index >= 15 is 0 Å². The molecule has 0 aromatic heterocycles. The van der Waals surface area contributed by atoms with Gasteiger partial charge in [0.2, 0.25) is 0 Å². The number of benzene rings is 3. The molecule has 0 heterocycles. The first-order valence-corrected chi connectivity index (χ1v) is 10.2. The van der Waals surface area contributed by atoms with Crippen LogP contribution in [0.3, 0.4) is 0 Å². The summed E-state index contributed by atoms with van der Waals surface area (Å²) in [5, 5.41) is 5.71. The molecular weight excluding hydrogens is 392 g/mol. The highest BCUT2D eigenvalue weighted by molar-refractivity contribution is 5.95. The normalized spacial score (nSPS) is 11.3. The number of rotatable bonds is 9. The van der Waals surface area contributed by atoms with Crippen molar-refractivity contribution in [2.24, 2.45) is 0 Å². The van der Waals surface area contributed by atoms with Crippen LogP contribution in [0.25, 0.3) is 0 Å². The van der Waals surface area contributed by atoms with Crippen LogP contribution in [0, 0.1) is 0 Å². The number of hydrogen-bond donors (Lipinski definition) is 2. The van der Waals surface area contributed by atoms with E-state index in [4.69, 9.17) is 9.47 Å². The third-order valence-electron chi connectivity index (χ3n) is 4.54. The van der Waals surface area contributed by atoms with E-state index in [1.165, 1.54) is 0 Å². The number of nitrogens with one attached hydrogen (secondary N) is 2. The van der Waals surface area contributed by atoms with Crippen LogP contribution in [0.2, 0.25) is 0 Å². The Kier molecular flexibility index (Phi) is 7.65. The minimum absolute atomic E-state index is 0.172. The molecule has 6 nitrogen and oxygen atoms in total. The molecule has 3 aromatic rings. The number of carbonyl (C=O) groups excluding carboxylic acids is 2. The van der Waals surface area contributed by atoms with Gasteiger partial charge in [-0.05, 0) is 55.8 Å². The van der Waals surface area contributed by atoms with Gasteiger partial charge < -0.3 is 20.1 Å². The molecule has 0 spiro atoms. The van der Waals surface area contributed by atoms with Gasteiger partial charge in [0.05, 0.1) is 12.3 Å². The van der Waals surface area contributed by atoms with E-state index in [9.17, 15) is 9.59 Å². The first kappa shape index (κ1) is 21.9. The molecule has 0 aliphatic carbocycles. The van der Waals surface area contributed by atoms with Crippen molar-refractivity contribution in [1.82, 2.24) is 5.32 Å². The molecule has 0 saturated heterocycles. The summed E-state index contributed by atoms with van der Waals surface area (Å²) in [6, 6.07) is 23.6. The van der Waals surface area contributed by atoms with E-state index in [2.05, 4.69) is 10.6 Å². The third kappa shape index (κ3) is 6.34. The second kappa shape index (κ2) is 10.8. The molecular formula is C25H26N2O4. The summed E-state index contributed by atoms with van der Waals surface area (Å²) in [6.45, 7) is 4.51. The molecule has 2 N–H and O–H groups in total. The van der Waals surface area contributed by atoms with Crippen LogP contribution in [0.4, 0.5) is 5.69 Å². The molecule has 0 aliphatic heterocycles. The zero-order chi connectivity index (χ0) is 22.1. The molecule has 6 heteroatoms. The summed E-state index contributed by atoms with van der Waals surface area (Å²) in [6.07, 6.45) is -0.729. The first-order valence-electron chi connectivity index (χ1n) is 10.2. The molecule has 0 fully saturated rings. The Labute approximate surface area is 182 Å². The molecule has 3 aromatic carbocycles. The molecule has 1 unspecified atom stereocenters. The van der Waals surface area contributed by atoms with E-state index in [1.54, 1.807) is 43.3 Å². The average Bonchev–Trinajstić information content (AvgIpc) is 2.80. The minimum atomic E-state index is -0.729. The van der Waals surface area contributed by atoms with Crippen molar-refractivity contribution in [3.8, 4) is 11.5 Å². The Balaban J connectivity index is 1.54. The van der Waals surface area contributed by atoms with Gasteiger partial charge in [-0.3, -0.25) is 9.59 Å². The number of ether oxygens (including phenoxy) is 2. The van der Waals surface area contributed by atoms with Gasteiger partial charge in [-0.1, -0.05) is 42.5 Å². The van der Waals surface area contributed by atoms with Crippen LogP contribution >= 0.6 is 0 Å². The molecule has 1 atom stereocenters. The van der Waals surface area contributed by atoms with Crippen LogP contribution in [0.1, 0.15) is 29.8 Å². The van der Waals surface area contributed by atoms with E-state index in [1.807, 2.05) is 49.4 Å².